The number of halogens is 3. The van der Waals surface area contributed by atoms with Gasteiger partial charge in [0.15, 0.2) is 29.0 Å². The number of rotatable bonds is 10. The predicted molar refractivity (Wildman–Crippen MR) is 168 cm³/mol. The zero-order valence-corrected chi connectivity index (χ0v) is 27.8. The predicted octanol–water partition coefficient (Wildman–Crippen LogP) is 1.94. The molecular weight excluding hydrogens is 669 g/mol. The van der Waals surface area contributed by atoms with E-state index in [2.05, 4.69) is 30.9 Å². The summed E-state index contributed by atoms with van der Waals surface area (Å²) in [5.74, 6) is -1.76. The SMILES string of the molecule is CCc1cc([C@H]2O[C@@H](n3cnc4c(NC(CC)CC)nc(N5CC[C@@H](N(OC(=O)C(F)(F)F)C(=O)NC6CCNC6)C5)nc43)[C@@H](O)[C@@H]2O)on1. The summed E-state index contributed by atoms with van der Waals surface area (Å²) in [5.41, 5.74) is 1.24. The van der Waals surface area contributed by atoms with Crippen molar-refractivity contribution in [2.24, 2.45) is 0 Å². The van der Waals surface area contributed by atoms with E-state index in [1.54, 1.807) is 11.0 Å². The lowest BCUT2D eigenvalue weighted by molar-refractivity contribution is -0.232. The second-order valence-electron chi connectivity index (χ2n) is 12.6. The highest BCUT2D eigenvalue weighted by Crippen LogP contribution is 2.41. The smallest absolute Gasteiger partial charge is 0.387 e. The number of aryl methyl sites for hydroxylation is 1. The molecule has 2 amide bonds. The van der Waals surface area contributed by atoms with E-state index in [-0.39, 0.29) is 48.9 Å². The van der Waals surface area contributed by atoms with E-state index >= 15 is 0 Å². The van der Waals surface area contributed by atoms with Crippen molar-refractivity contribution in [3.8, 4) is 0 Å². The Balaban J connectivity index is 1.31. The zero-order valence-electron chi connectivity index (χ0n) is 27.8. The summed E-state index contributed by atoms with van der Waals surface area (Å²) in [4.78, 5) is 45.3. The molecule has 274 valence electrons. The Morgan fingerprint density at radius 3 is 2.62 bits per heavy atom. The molecule has 3 aliphatic rings. The number of imidazole rings is 1. The third-order valence-corrected chi connectivity index (χ3v) is 9.25. The van der Waals surface area contributed by atoms with Crippen molar-refractivity contribution in [1.82, 2.24) is 40.4 Å². The van der Waals surface area contributed by atoms with E-state index in [0.29, 0.717) is 48.0 Å². The van der Waals surface area contributed by atoms with Gasteiger partial charge in [0, 0.05) is 37.8 Å². The Bertz CT molecular complexity index is 1660. The van der Waals surface area contributed by atoms with Crippen molar-refractivity contribution in [2.75, 3.05) is 36.4 Å². The van der Waals surface area contributed by atoms with Crippen LogP contribution in [-0.2, 0) is 20.8 Å². The van der Waals surface area contributed by atoms with Crippen molar-refractivity contribution < 1.29 is 47.1 Å². The molecule has 3 aromatic rings. The lowest BCUT2D eigenvalue weighted by Gasteiger charge is -2.28. The lowest BCUT2D eigenvalue weighted by Crippen LogP contribution is -2.52. The number of anilines is 2. The van der Waals surface area contributed by atoms with Crippen molar-refractivity contribution in [3.05, 3.63) is 23.8 Å². The first-order valence-electron chi connectivity index (χ1n) is 16.7. The average molecular weight is 711 g/mol. The van der Waals surface area contributed by atoms with Gasteiger partial charge in [-0.2, -0.15) is 23.1 Å². The lowest BCUT2D eigenvalue weighted by atomic mass is 10.1. The number of carbonyl (C=O) groups excluding carboxylic acids is 2. The van der Waals surface area contributed by atoms with E-state index in [4.69, 9.17) is 19.2 Å². The summed E-state index contributed by atoms with van der Waals surface area (Å²) < 4.78 is 52.7. The minimum absolute atomic E-state index is 0.00205. The molecule has 20 heteroatoms. The van der Waals surface area contributed by atoms with Crippen LogP contribution in [0.25, 0.3) is 11.2 Å². The molecule has 50 heavy (non-hydrogen) atoms. The van der Waals surface area contributed by atoms with Gasteiger partial charge in [0.1, 0.15) is 18.3 Å². The van der Waals surface area contributed by atoms with Gasteiger partial charge in [-0.15, -0.1) is 5.06 Å². The largest absolute Gasteiger partial charge is 0.493 e. The average Bonchev–Trinajstić information content (AvgIpc) is 3.94. The van der Waals surface area contributed by atoms with Crippen molar-refractivity contribution >= 4 is 34.9 Å². The Morgan fingerprint density at radius 2 is 1.96 bits per heavy atom. The van der Waals surface area contributed by atoms with E-state index in [9.17, 15) is 33.0 Å². The maximum atomic E-state index is 13.2. The van der Waals surface area contributed by atoms with E-state index < -0.39 is 48.8 Å². The summed E-state index contributed by atoms with van der Waals surface area (Å²) in [7, 11) is 0. The van der Waals surface area contributed by atoms with Gasteiger partial charge in [0.25, 0.3) is 0 Å². The van der Waals surface area contributed by atoms with E-state index in [0.717, 1.165) is 12.8 Å². The first-order valence-corrected chi connectivity index (χ1v) is 16.7. The molecule has 0 bridgehead atoms. The number of aliphatic hydroxyl groups excluding tert-OH is 2. The summed E-state index contributed by atoms with van der Waals surface area (Å²) >= 11 is 0. The number of urea groups is 1. The van der Waals surface area contributed by atoms with Gasteiger partial charge in [0.05, 0.1) is 18.1 Å². The zero-order chi connectivity index (χ0) is 35.7. The Morgan fingerprint density at radius 1 is 1.18 bits per heavy atom. The number of nitrogens with one attached hydrogen (secondary N) is 3. The number of fused-ring (bicyclic) bond motifs is 1. The molecule has 0 spiro atoms. The second kappa shape index (κ2) is 14.5. The van der Waals surface area contributed by atoms with Gasteiger partial charge in [0.2, 0.25) is 5.95 Å². The van der Waals surface area contributed by atoms with Crippen LogP contribution in [0.3, 0.4) is 0 Å². The molecular formula is C30H41F3N10O7. The number of alkyl halides is 3. The van der Waals surface area contributed by atoms with Crippen LogP contribution in [0.15, 0.2) is 16.9 Å². The highest BCUT2D eigenvalue weighted by molar-refractivity contribution is 5.85. The van der Waals surface area contributed by atoms with Gasteiger partial charge >= 0.3 is 18.2 Å². The molecule has 1 unspecified atom stereocenters. The number of ether oxygens (including phenoxy) is 1. The summed E-state index contributed by atoms with van der Waals surface area (Å²) in [6, 6.07) is -0.632. The molecule has 0 aliphatic carbocycles. The fraction of sp³-hybridized carbons (Fsp3) is 0.667. The molecule has 6 atom stereocenters. The number of aromatic nitrogens is 5. The molecule has 6 rings (SSSR count). The van der Waals surface area contributed by atoms with Gasteiger partial charge < -0.3 is 45.2 Å². The third-order valence-electron chi connectivity index (χ3n) is 9.25. The fourth-order valence-corrected chi connectivity index (χ4v) is 6.33. The van der Waals surface area contributed by atoms with Crippen molar-refractivity contribution in [1.29, 1.82) is 0 Å². The first kappa shape index (κ1) is 35.6. The molecule has 3 fully saturated rings. The number of aliphatic hydroxyl groups is 2. The maximum absolute atomic E-state index is 13.2. The minimum atomic E-state index is -5.32. The van der Waals surface area contributed by atoms with Gasteiger partial charge in [-0.3, -0.25) is 4.57 Å². The topological polar surface area (TPSA) is 205 Å². The maximum Gasteiger partial charge on any atom is 0.493 e. The van der Waals surface area contributed by atoms with Crippen LogP contribution in [-0.4, -0.2) is 115 Å². The summed E-state index contributed by atoms with van der Waals surface area (Å²) in [6.07, 6.45) is -6.06. The highest BCUT2D eigenvalue weighted by Gasteiger charge is 2.48. The van der Waals surface area contributed by atoms with Crippen LogP contribution in [0.4, 0.5) is 29.7 Å². The second-order valence-corrected chi connectivity index (χ2v) is 12.6. The van der Waals surface area contributed by atoms with Crippen LogP contribution in [0.5, 0.6) is 0 Å². The number of carbonyl (C=O) groups is 2. The molecule has 0 radical (unpaired) electrons. The number of nitrogens with zero attached hydrogens (tertiary/aromatic N) is 7. The van der Waals surface area contributed by atoms with Crippen molar-refractivity contribution in [2.45, 2.75) is 102 Å². The quantitative estimate of drug-likeness (QED) is 0.191. The molecule has 0 aromatic carbocycles. The number of amides is 2. The van der Waals surface area contributed by atoms with E-state index in [1.165, 1.54) is 10.9 Å². The normalized spacial score (nSPS) is 25.5. The molecule has 17 nitrogen and oxygen atoms in total. The Labute approximate surface area is 284 Å². The van der Waals surface area contributed by atoms with Crippen LogP contribution >= 0.6 is 0 Å². The standard InChI is InChI=1S/C30H41F3N10O7/c1-4-15(5-2)36-24-20-25(42(14-35-20)26-22(45)21(44)23(48-26)19-11-16(6-3)40-49-19)39-28(38-24)41-10-8-18(13-41)43(50-27(46)30(31,32)33)29(47)37-17-7-9-34-12-17/h11,14-15,17-18,21-23,26,34,44-45H,4-10,12-13H2,1-3H3,(H,37,47)(H,36,38,39)/t17?,18-,21+,22+,23-,26-/m1/s1. The van der Waals surface area contributed by atoms with Gasteiger partial charge in [-0.05, 0) is 38.6 Å². The highest BCUT2D eigenvalue weighted by atomic mass is 19.4. The molecule has 6 heterocycles. The number of hydroxylamine groups is 2. The number of hydrogen-bond donors (Lipinski definition) is 5. The Hall–Kier alpha value is -4.27. The number of hydrogen-bond acceptors (Lipinski definition) is 14. The minimum Gasteiger partial charge on any atom is -0.387 e. The molecule has 3 aliphatic heterocycles. The van der Waals surface area contributed by atoms with Gasteiger partial charge in [-0.25, -0.2) is 14.6 Å². The molecule has 0 saturated carbocycles. The summed E-state index contributed by atoms with van der Waals surface area (Å²) in [6.45, 7) is 7.08. The third kappa shape index (κ3) is 7.14. The van der Waals surface area contributed by atoms with Crippen LogP contribution in [0.2, 0.25) is 0 Å². The summed E-state index contributed by atoms with van der Waals surface area (Å²) in [5, 5.41) is 35.5. The molecule has 3 saturated heterocycles. The first-order chi connectivity index (χ1) is 23.9. The van der Waals surface area contributed by atoms with Crippen molar-refractivity contribution in [3.63, 3.8) is 0 Å². The Kier molecular flexibility index (Phi) is 10.3. The monoisotopic (exact) mass is 710 g/mol. The fourth-order valence-electron chi connectivity index (χ4n) is 6.33. The van der Waals surface area contributed by atoms with Crippen LogP contribution < -0.4 is 20.9 Å². The molecule has 3 aromatic heterocycles. The van der Waals surface area contributed by atoms with Crippen LogP contribution in [0, 0.1) is 0 Å². The molecule has 5 N–H and O–H groups in total. The van der Waals surface area contributed by atoms with Gasteiger partial charge in [-0.1, -0.05) is 25.9 Å². The van der Waals surface area contributed by atoms with Crippen LogP contribution in [0.1, 0.15) is 70.2 Å². The van der Waals surface area contributed by atoms with E-state index in [1.807, 2.05) is 20.8 Å².